The Morgan fingerprint density at radius 1 is 1.25 bits per heavy atom. The zero-order valence-electron chi connectivity index (χ0n) is 12.3. The van der Waals surface area contributed by atoms with Crippen LogP contribution in [-0.2, 0) is 0 Å². The van der Waals surface area contributed by atoms with Crippen molar-refractivity contribution in [3.8, 4) is 0 Å². The SMILES string of the molecule is CC1CCCCCC1NC(=O)c1cc(N)cn1C1CC1. The van der Waals surface area contributed by atoms with Crippen molar-refractivity contribution < 1.29 is 4.79 Å². The number of anilines is 1. The number of nitrogens with zero attached hydrogens (tertiary/aromatic N) is 1. The van der Waals surface area contributed by atoms with Crippen LogP contribution in [0, 0.1) is 5.92 Å². The minimum atomic E-state index is 0.0485. The highest BCUT2D eigenvalue weighted by Gasteiger charge is 2.29. The summed E-state index contributed by atoms with van der Waals surface area (Å²) in [5, 5.41) is 3.25. The molecule has 1 heterocycles. The summed E-state index contributed by atoms with van der Waals surface area (Å²) >= 11 is 0. The van der Waals surface area contributed by atoms with Crippen molar-refractivity contribution in [1.29, 1.82) is 0 Å². The molecule has 0 aromatic carbocycles. The molecule has 3 N–H and O–H groups in total. The molecule has 0 radical (unpaired) electrons. The normalized spacial score (nSPS) is 27.1. The number of nitrogens with one attached hydrogen (secondary N) is 1. The van der Waals surface area contributed by atoms with E-state index in [0.717, 1.165) is 25.0 Å². The van der Waals surface area contributed by atoms with Crippen molar-refractivity contribution in [2.45, 2.75) is 64.0 Å². The van der Waals surface area contributed by atoms with Gasteiger partial charge in [0.15, 0.2) is 0 Å². The first-order chi connectivity index (χ1) is 9.65. The fourth-order valence-corrected chi connectivity index (χ4v) is 3.29. The van der Waals surface area contributed by atoms with Gasteiger partial charge in [0, 0.05) is 18.3 Å². The third-order valence-corrected chi connectivity index (χ3v) is 4.72. The molecule has 4 nitrogen and oxygen atoms in total. The zero-order valence-corrected chi connectivity index (χ0v) is 12.3. The fraction of sp³-hybridized carbons (Fsp3) is 0.688. The predicted octanol–water partition coefficient (Wildman–Crippen LogP) is 3.10. The molecule has 20 heavy (non-hydrogen) atoms. The average molecular weight is 275 g/mol. The lowest BCUT2D eigenvalue weighted by Crippen LogP contribution is -2.39. The highest BCUT2D eigenvalue weighted by Crippen LogP contribution is 2.37. The lowest BCUT2D eigenvalue weighted by molar-refractivity contribution is 0.0912. The fourth-order valence-electron chi connectivity index (χ4n) is 3.29. The van der Waals surface area contributed by atoms with Crippen LogP contribution in [0.25, 0.3) is 0 Å². The molecule has 1 aromatic rings. The summed E-state index contributed by atoms with van der Waals surface area (Å²) in [4.78, 5) is 12.5. The third kappa shape index (κ3) is 2.84. The summed E-state index contributed by atoms with van der Waals surface area (Å²) < 4.78 is 2.06. The van der Waals surface area contributed by atoms with Crippen molar-refractivity contribution in [3.63, 3.8) is 0 Å². The van der Waals surface area contributed by atoms with Gasteiger partial charge in [0.2, 0.25) is 0 Å². The Morgan fingerprint density at radius 3 is 2.75 bits per heavy atom. The molecule has 110 valence electrons. The van der Waals surface area contributed by atoms with E-state index in [-0.39, 0.29) is 5.91 Å². The van der Waals surface area contributed by atoms with E-state index < -0.39 is 0 Å². The molecule has 3 rings (SSSR count). The standard InChI is InChI=1S/C16H25N3O/c1-11-5-3-2-4-6-14(11)18-16(20)15-9-12(17)10-19(15)13-7-8-13/h9-11,13-14H,2-8,17H2,1H3,(H,18,20). The molecule has 2 aliphatic rings. The Morgan fingerprint density at radius 2 is 2.00 bits per heavy atom. The van der Waals surface area contributed by atoms with Crippen molar-refractivity contribution in [3.05, 3.63) is 18.0 Å². The number of hydrogen-bond donors (Lipinski definition) is 2. The smallest absolute Gasteiger partial charge is 0.268 e. The molecule has 2 fully saturated rings. The minimum absolute atomic E-state index is 0.0485. The van der Waals surface area contributed by atoms with E-state index in [9.17, 15) is 4.79 Å². The number of rotatable bonds is 3. The summed E-state index contributed by atoms with van der Waals surface area (Å²) in [5.41, 5.74) is 7.30. The van der Waals surface area contributed by atoms with Gasteiger partial charge in [0.1, 0.15) is 5.69 Å². The Hall–Kier alpha value is -1.45. The maximum atomic E-state index is 12.5. The molecule has 2 atom stereocenters. The number of aromatic nitrogens is 1. The molecule has 0 aliphatic heterocycles. The van der Waals surface area contributed by atoms with Crippen LogP contribution in [0.15, 0.2) is 12.3 Å². The van der Waals surface area contributed by atoms with Crippen LogP contribution in [-0.4, -0.2) is 16.5 Å². The first-order valence-electron chi connectivity index (χ1n) is 7.93. The second kappa shape index (κ2) is 5.51. The quantitative estimate of drug-likeness (QED) is 0.833. The first-order valence-corrected chi connectivity index (χ1v) is 7.93. The van der Waals surface area contributed by atoms with Crippen molar-refractivity contribution in [2.75, 3.05) is 5.73 Å². The molecule has 4 heteroatoms. The van der Waals surface area contributed by atoms with Gasteiger partial charge in [0.05, 0.1) is 5.69 Å². The molecule has 0 saturated heterocycles. The maximum absolute atomic E-state index is 12.5. The summed E-state index contributed by atoms with van der Waals surface area (Å²) in [7, 11) is 0. The largest absolute Gasteiger partial charge is 0.397 e. The van der Waals surface area contributed by atoms with E-state index in [2.05, 4.69) is 16.8 Å². The first kappa shape index (κ1) is 13.5. The molecule has 2 saturated carbocycles. The number of amides is 1. The number of carbonyl (C=O) groups is 1. The molecule has 0 spiro atoms. The second-order valence-corrected chi connectivity index (χ2v) is 6.49. The van der Waals surface area contributed by atoms with Gasteiger partial charge in [0.25, 0.3) is 5.91 Å². The van der Waals surface area contributed by atoms with Crippen LogP contribution in [0.3, 0.4) is 0 Å². The van der Waals surface area contributed by atoms with Gasteiger partial charge in [-0.05, 0) is 37.7 Å². The third-order valence-electron chi connectivity index (χ3n) is 4.72. The minimum Gasteiger partial charge on any atom is -0.397 e. The second-order valence-electron chi connectivity index (χ2n) is 6.49. The van der Waals surface area contributed by atoms with E-state index in [1.165, 1.54) is 25.7 Å². The summed E-state index contributed by atoms with van der Waals surface area (Å²) in [5.74, 6) is 0.621. The molecule has 1 amide bonds. The highest BCUT2D eigenvalue weighted by atomic mass is 16.2. The maximum Gasteiger partial charge on any atom is 0.268 e. The van der Waals surface area contributed by atoms with Gasteiger partial charge in [-0.1, -0.05) is 26.2 Å². The van der Waals surface area contributed by atoms with Gasteiger partial charge in [-0.2, -0.15) is 0 Å². The van der Waals surface area contributed by atoms with Crippen LogP contribution >= 0.6 is 0 Å². The highest BCUT2D eigenvalue weighted by molar-refractivity contribution is 5.94. The van der Waals surface area contributed by atoms with Gasteiger partial charge >= 0.3 is 0 Å². The average Bonchev–Trinajstić information content (AvgIpc) is 3.20. The Kier molecular flexibility index (Phi) is 3.72. The molecule has 0 bridgehead atoms. The van der Waals surface area contributed by atoms with Crippen LogP contribution in [0.4, 0.5) is 5.69 Å². The molecule has 1 aromatic heterocycles. The summed E-state index contributed by atoms with van der Waals surface area (Å²) in [6, 6.07) is 2.61. The Bertz CT molecular complexity index is 490. The van der Waals surface area contributed by atoms with E-state index in [4.69, 9.17) is 5.73 Å². The number of nitrogens with two attached hydrogens (primary N) is 1. The number of nitrogen functional groups attached to an aromatic ring is 1. The molecular weight excluding hydrogens is 250 g/mol. The van der Waals surface area contributed by atoms with Gasteiger partial charge in [-0.3, -0.25) is 4.79 Å². The Balaban J connectivity index is 1.72. The summed E-state index contributed by atoms with van der Waals surface area (Å²) in [6.45, 7) is 2.25. The van der Waals surface area contributed by atoms with E-state index >= 15 is 0 Å². The van der Waals surface area contributed by atoms with Gasteiger partial charge in [-0.15, -0.1) is 0 Å². The zero-order chi connectivity index (χ0) is 14.1. The molecular formula is C16H25N3O. The lowest BCUT2D eigenvalue weighted by Gasteiger charge is -2.23. The molecule has 2 unspecified atom stereocenters. The monoisotopic (exact) mass is 275 g/mol. The van der Waals surface area contributed by atoms with E-state index in [0.29, 0.717) is 23.7 Å². The predicted molar refractivity (Wildman–Crippen MR) is 80.6 cm³/mol. The van der Waals surface area contributed by atoms with Gasteiger partial charge < -0.3 is 15.6 Å². The van der Waals surface area contributed by atoms with E-state index in [1.54, 1.807) is 0 Å². The number of carbonyl (C=O) groups excluding carboxylic acids is 1. The molecule has 2 aliphatic carbocycles. The van der Waals surface area contributed by atoms with Crippen LogP contribution in [0.2, 0.25) is 0 Å². The van der Waals surface area contributed by atoms with Crippen LogP contribution < -0.4 is 11.1 Å². The van der Waals surface area contributed by atoms with Crippen molar-refractivity contribution >= 4 is 11.6 Å². The van der Waals surface area contributed by atoms with Crippen molar-refractivity contribution in [1.82, 2.24) is 9.88 Å². The number of hydrogen-bond acceptors (Lipinski definition) is 2. The Labute approximate surface area is 120 Å². The van der Waals surface area contributed by atoms with Crippen LogP contribution in [0.5, 0.6) is 0 Å². The lowest BCUT2D eigenvalue weighted by atomic mass is 9.97. The van der Waals surface area contributed by atoms with Gasteiger partial charge in [-0.25, -0.2) is 0 Å². The van der Waals surface area contributed by atoms with Crippen LogP contribution in [0.1, 0.15) is 68.4 Å². The van der Waals surface area contributed by atoms with Crippen molar-refractivity contribution in [2.24, 2.45) is 5.92 Å². The summed E-state index contributed by atoms with van der Waals surface area (Å²) in [6.07, 6.45) is 10.4. The topological polar surface area (TPSA) is 60.1 Å². The van der Waals surface area contributed by atoms with E-state index in [1.807, 2.05) is 12.3 Å².